The van der Waals surface area contributed by atoms with Crippen molar-refractivity contribution in [3.63, 3.8) is 0 Å². The summed E-state index contributed by atoms with van der Waals surface area (Å²) in [4.78, 5) is 4.62. The smallest absolute Gasteiger partial charge is 0.226 e. The predicted molar refractivity (Wildman–Crippen MR) is 105 cm³/mol. The summed E-state index contributed by atoms with van der Waals surface area (Å²) in [5.41, 5.74) is 6.35. The Bertz CT molecular complexity index is 1090. The van der Waals surface area contributed by atoms with E-state index in [1.54, 1.807) is 10.9 Å². The standard InChI is InChI=1S/C20H19N5OS/c1-13-5-4-6-17(10-13)25-20(22-23-24-25)27-12-16-11-26-19(21-16)18-8-7-14(2)9-15(18)3/h4-11H,12H2,1-3H3. The van der Waals surface area contributed by atoms with Crippen molar-refractivity contribution in [3.8, 4) is 17.1 Å². The average Bonchev–Trinajstić information content (AvgIpc) is 3.29. The largest absolute Gasteiger partial charge is 0.444 e. The number of rotatable bonds is 5. The van der Waals surface area contributed by atoms with Crippen LogP contribution in [0, 0.1) is 20.8 Å². The van der Waals surface area contributed by atoms with Gasteiger partial charge >= 0.3 is 0 Å². The van der Waals surface area contributed by atoms with Gasteiger partial charge in [0.25, 0.3) is 0 Å². The van der Waals surface area contributed by atoms with Crippen LogP contribution in [0.4, 0.5) is 0 Å². The van der Waals surface area contributed by atoms with E-state index < -0.39 is 0 Å². The van der Waals surface area contributed by atoms with E-state index in [2.05, 4.69) is 52.6 Å². The second-order valence-corrected chi connectivity index (χ2v) is 7.41. The van der Waals surface area contributed by atoms with E-state index >= 15 is 0 Å². The van der Waals surface area contributed by atoms with Crippen LogP contribution in [0.25, 0.3) is 17.1 Å². The average molecular weight is 377 g/mol. The second kappa shape index (κ2) is 7.36. The molecule has 0 spiro atoms. The summed E-state index contributed by atoms with van der Waals surface area (Å²) >= 11 is 1.53. The van der Waals surface area contributed by atoms with E-state index in [9.17, 15) is 0 Å². The normalized spacial score (nSPS) is 11.1. The minimum atomic E-state index is 0.626. The maximum absolute atomic E-state index is 5.69. The molecule has 0 bridgehead atoms. The third-order valence-electron chi connectivity index (χ3n) is 4.20. The van der Waals surface area contributed by atoms with E-state index in [0.29, 0.717) is 11.6 Å². The monoisotopic (exact) mass is 377 g/mol. The molecule has 0 saturated carbocycles. The minimum Gasteiger partial charge on any atom is -0.444 e. The highest BCUT2D eigenvalue weighted by atomic mass is 32.2. The Balaban J connectivity index is 1.51. The van der Waals surface area contributed by atoms with Crippen molar-refractivity contribution in [2.24, 2.45) is 0 Å². The molecule has 2 heterocycles. The fraction of sp³-hybridized carbons (Fsp3) is 0.200. The summed E-state index contributed by atoms with van der Waals surface area (Å²) in [7, 11) is 0. The number of benzene rings is 2. The molecule has 27 heavy (non-hydrogen) atoms. The van der Waals surface area contributed by atoms with Crippen LogP contribution >= 0.6 is 11.8 Å². The Morgan fingerprint density at radius 2 is 1.89 bits per heavy atom. The molecule has 0 aliphatic carbocycles. The fourth-order valence-electron chi connectivity index (χ4n) is 2.88. The van der Waals surface area contributed by atoms with Gasteiger partial charge in [-0.15, -0.1) is 5.10 Å². The molecule has 0 radical (unpaired) electrons. The van der Waals surface area contributed by atoms with Crippen LogP contribution in [0.2, 0.25) is 0 Å². The first kappa shape index (κ1) is 17.5. The van der Waals surface area contributed by atoms with Gasteiger partial charge in [0, 0.05) is 11.3 Å². The number of hydrogen-bond donors (Lipinski definition) is 0. The van der Waals surface area contributed by atoms with Crippen LogP contribution in [-0.2, 0) is 5.75 Å². The topological polar surface area (TPSA) is 69.6 Å². The molecule has 0 atom stereocenters. The van der Waals surface area contributed by atoms with E-state index in [0.717, 1.165) is 33.2 Å². The van der Waals surface area contributed by atoms with Crippen molar-refractivity contribution in [2.45, 2.75) is 31.7 Å². The molecular formula is C20H19N5OS. The first-order chi connectivity index (χ1) is 13.1. The van der Waals surface area contributed by atoms with Gasteiger partial charge in [-0.1, -0.05) is 41.6 Å². The summed E-state index contributed by atoms with van der Waals surface area (Å²) in [6.07, 6.45) is 1.70. The lowest BCUT2D eigenvalue weighted by Gasteiger charge is -2.04. The Morgan fingerprint density at radius 3 is 2.70 bits per heavy atom. The summed E-state index contributed by atoms with van der Waals surface area (Å²) in [5, 5.41) is 12.8. The van der Waals surface area contributed by atoms with Gasteiger partial charge in [0.2, 0.25) is 11.0 Å². The summed E-state index contributed by atoms with van der Waals surface area (Å²) in [6, 6.07) is 14.3. The van der Waals surface area contributed by atoms with Gasteiger partial charge < -0.3 is 4.42 Å². The first-order valence-electron chi connectivity index (χ1n) is 8.60. The Hall–Kier alpha value is -2.93. The molecule has 0 fully saturated rings. The van der Waals surface area contributed by atoms with Crippen LogP contribution in [-0.4, -0.2) is 25.2 Å². The fourth-order valence-corrected chi connectivity index (χ4v) is 3.65. The number of hydrogen-bond acceptors (Lipinski definition) is 6. The van der Waals surface area contributed by atoms with Crippen molar-refractivity contribution < 1.29 is 4.42 Å². The van der Waals surface area contributed by atoms with Crippen LogP contribution in [0.3, 0.4) is 0 Å². The highest BCUT2D eigenvalue weighted by Crippen LogP contribution is 2.27. The highest BCUT2D eigenvalue weighted by molar-refractivity contribution is 7.98. The molecule has 7 heteroatoms. The zero-order chi connectivity index (χ0) is 18.8. The molecule has 136 valence electrons. The predicted octanol–water partition coefficient (Wildman–Crippen LogP) is 4.53. The lowest BCUT2D eigenvalue weighted by Crippen LogP contribution is -1.99. The number of thioether (sulfide) groups is 1. The van der Waals surface area contributed by atoms with Gasteiger partial charge in [-0.25, -0.2) is 4.98 Å². The van der Waals surface area contributed by atoms with Crippen LogP contribution in [0.5, 0.6) is 0 Å². The third kappa shape index (κ3) is 3.78. The van der Waals surface area contributed by atoms with Crippen molar-refractivity contribution >= 4 is 11.8 Å². The highest BCUT2D eigenvalue weighted by Gasteiger charge is 2.13. The Kier molecular flexibility index (Phi) is 4.77. The summed E-state index contributed by atoms with van der Waals surface area (Å²) < 4.78 is 7.43. The third-order valence-corrected chi connectivity index (χ3v) is 5.15. The zero-order valence-electron chi connectivity index (χ0n) is 15.4. The molecule has 0 unspecified atom stereocenters. The van der Waals surface area contributed by atoms with Gasteiger partial charge in [0.15, 0.2) is 0 Å². The van der Waals surface area contributed by atoms with Crippen molar-refractivity contribution in [2.75, 3.05) is 0 Å². The maximum Gasteiger partial charge on any atom is 0.226 e. The van der Waals surface area contributed by atoms with Crippen molar-refractivity contribution in [1.82, 2.24) is 25.2 Å². The molecule has 0 aliphatic heterocycles. The molecule has 4 aromatic rings. The number of aryl methyl sites for hydroxylation is 3. The van der Waals surface area contributed by atoms with Crippen molar-refractivity contribution in [1.29, 1.82) is 0 Å². The molecule has 2 aromatic heterocycles. The minimum absolute atomic E-state index is 0.626. The number of tetrazole rings is 1. The van der Waals surface area contributed by atoms with E-state index in [1.165, 1.54) is 17.3 Å². The molecular weight excluding hydrogens is 358 g/mol. The van der Waals surface area contributed by atoms with E-state index in [-0.39, 0.29) is 0 Å². The number of nitrogens with zero attached hydrogens (tertiary/aromatic N) is 5. The lowest BCUT2D eigenvalue weighted by molar-refractivity contribution is 0.573. The maximum atomic E-state index is 5.69. The molecule has 0 aliphatic rings. The van der Waals surface area contributed by atoms with Crippen LogP contribution in [0.15, 0.2) is 58.3 Å². The van der Waals surface area contributed by atoms with E-state index in [1.807, 2.05) is 31.2 Å². The second-order valence-electron chi connectivity index (χ2n) is 6.46. The Labute approximate surface area is 161 Å². The van der Waals surface area contributed by atoms with Crippen molar-refractivity contribution in [3.05, 3.63) is 71.1 Å². The zero-order valence-corrected chi connectivity index (χ0v) is 16.2. The van der Waals surface area contributed by atoms with Gasteiger partial charge in [-0.2, -0.15) is 4.68 Å². The Morgan fingerprint density at radius 1 is 1.04 bits per heavy atom. The molecule has 4 rings (SSSR count). The summed E-state index contributed by atoms with van der Waals surface area (Å²) in [6.45, 7) is 6.19. The molecule has 2 aromatic carbocycles. The quantitative estimate of drug-likeness (QED) is 0.476. The van der Waals surface area contributed by atoms with Gasteiger partial charge in [-0.3, -0.25) is 0 Å². The molecule has 6 nitrogen and oxygen atoms in total. The molecule has 0 amide bonds. The summed E-state index contributed by atoms with van der Waals surface area (Å²) in [5.74, 6) is 1.27. The number of aromatic nitrogens is 5. The number of oxazole rings is 1. The molecule has 0 saturated heterocycles. The molecule has 0 N–H and O–H groups in total. The SMILES string of the molecule is Cc1cccc(-n2nnnc2SCc2coc(-c3ccc(C)cc3C)n2)c1. The van der Waals surface area contributed by atoms with Crippen LogP contribution < -0.4 is 0 Å². The lowest BCUT2D eigenvalue weighted by atomic mass is 10.1. The van der Waals surface area contributed by atoms with Gasteiger partial charge in [0.1, 0.15) is 6.26 Å². The van der Waals surface area contributed by atoms with Gasteiger partial charge in [0.05, 0.1) is 11.4 Å². The van der Waals surface area contributed by atoms with Crippen LogP contribution in [0.1, 0.15) is 22.4 Å². The van der Waals surface area contributed by atoms with E-state index in [4.69, 9.17) is 4.42 Å². The first-order valence-corrected chi connectivity index (χ1v) is 9.59. The van der Waals surface area contributed by atoms with Gasteiger partial charge in [-0.05, 0) is 60.5 Å².